The maximum absolute atomic E-state index is 14.4. The summed E-state index contributed by atoms with van der Waals surface area (Å²) in [5.41, 5.74) is 2.43. The van der Waals surface area contributed by atoms with E-state index in [1.165, 1.54) is 28.8 Å². The average Bonchev–Trinajstić information content (AvgIpc) is 3.17. The first-order valence-corrected chi connectivity index (χ1v) is 13.9. The van der Waals surface area contributed by atoms with Crippen LogP contribution in [-0.2, 0) is 15.0 Å². The number of nitrogens with one attached hydrogen (secondary N) is 1. The van der Waals surface area contributed by atoms with Crippen LogP contribution >= 0.6 is 23.4 Å². The number of halogens is 2. The fraction of sp³-hybridized carbons (Fsp3) is 0.393. The number of hydrogen-bond acceptors (Lipinski definition) is 5. The number of para-hydroxylation sites is 1. The molecule has 1 unspecified atom stereocenters. The average molecular weight is 558 g/mol. The van der Waals surface area contributed by atoms with E-state index in [0.29, 0.717) is 29.6 Å². The maximum atomic E-state index is 14.4. The van der Waals surface area contributed by atoms with E-state index in [-0.39, 0.29) is 35.2 Å². The predicted molar refractivity (Wildman–Crippen MR) is 152 cm³/mol. The van der Waals surface area contributed by atoms with Gasteiger partial charge in [0.15, 0.2) is 0 Å². The van der Waals surface area contributed by atoms with Gasteiger partial charge in [0.05, 0.1) is 27.4 Å². The van der Waals surface area contributed by atoms with Crippen molar-refractivity contribution in [1.82, 2.24) is 20.0 Å². The number of likely N-dealkylation sites (N-methyl/N-ethyl adjacent to an activating group) is 1. The summed E-state index contributed by atoms with van der Waals surface area (Å²) in [6.45, 7) is 7.10. The molecule has 4 rings (SSSR count). The highest BCUT2D eigenvalue weighted by Crippen LogP contribution is 2.48. The molecule has 2 amide bonds. The van der Waals surface area contributed by atoms with Crippen molar-refractivity contribution in [3.8, 4) is 5.69 Å². The zero-order chi connectivity index (χ0) is 27.6. The third-order valence-electron chi connectivity index (χ3n) is 6.21. The monoisotopic (exact) mass is 557 g/mol. The number of nitrogens with zero attached hydrogens (tertiary/aromatic N) is 4. The topological polar surface area (TPSA) is 70.5 Å². The van der Waals surface area contributed by atoms with Gasteiger partial charge in [-0.05, 0) is 43.9 Å². The summed E-state index contributed by atoms with van der Waals surface area (Å²) in [6, 6.07) is 13.7. The minimum Gasteiger partial charge on any atom is -0.353 e. The van der Waals surface area contributed by atoms with Crippen LogP contribution < -0.4 is 10.2 Å². The van der Waals surface area contributed by atoms with Crippen LogP contribution in [0.2, 0.25) is 5.02 Å². The van der Waals surface area contributed by atoms with Crippen LogP contribution in [0.1, 0.15) is 42.8 Å². The number of thioether (sulfide) groups is 1. The fourth-order valence-electron chi connectivity index (χ4n) is 4.42. The molecule has 0 saturated carbocycles. The van der Waals surface area contributed by atoms with E-state index in [0.717, 1.165) is 16.8 Å². The van der Waals surface area contributed by atoms with Crippen molar-refractivity contribution in [2.24, 2.45) is 0 Å². The molecule has 2 aromatic carbocycles. The molecule has 0 aliphatic carbocycles. The van der Waals surface area contributed by atoms with Crippen LogP contribution in [0.5, 0.6) is 0 Å². The molecule has 1 aromatic heterocycles. The van der Waals surface area contributed by atoms with Gasteiger partial charge in [-0.15, -0.1) is 11.8 Å². The number of amides is 2. The van der Waals surface area contributed by atoms with Gasteiger partial charge in [-0.25, -0.2) is 9.07 Å². The molecule has 38 heavy (non-hydrogen) atoms. The summed E-state index contributed by atoms with van der Waals surface area (Å²) in [4.78, 5) is 30.1. The molecule has 7 nitrogen and oxygen atoms in total. The molecular formula is C28H33ClFN5O2S. The van der Waals surface area contributed by atoms with Crippen LogP contribution in [0.15, 0.2) is 48.5 Å². The van der Waals surface area contributed by atoms with Gasteiger partial charge in [0.2, 0.25) is 11.8 Å². The normalized spacial score (nSPS) is 15.9. The molecule has 10 heteroatoms. The Balaban J connectivity index is 1.94. The smallest absolute Gasteiger partial charge is 0.240 e. The van der Waals surface area contributed by atoms with Crippen molar-refractivity contribution >= 4 is 41.0 Å². The van der Waals surface area contributed by atoms with Crippen molar-refractivity contribution < 1.29 is 14.0 Å². The third-order valence-corrected chi connectivity index (χ3v) is 7.79. The van der Waals surface area contributed by atoms with Crippen molar-refractivity contribution in [3.63, 3.8) is 0 Å². The summed E-state index contributed by atoms with van der Waals surface area (Å²) in [5.74, 6) is -0.258. The molecule has 1 aliphatic rings. The van der Waals surface area contributed by atoms with Crippen molar-refractivity contribution in [2.45, 2.75) is 31.4 Å². The van der Waals surface area contributed by atoms with Crippen molar-refractivity contribution in [2.75, 3.05) is 44.4 Å². The van der Waals surface area contributed by atoms with E-state index >= 15 is 0 Å². The molecule has 3 aromatic rings. The summed E-state index contributed by atoms with van der Waals surface area (Å²) in [6.07, 6.45) is 0. The van der Waals surface area contributed by atoms with Gasteiger partial charge >= 0.3 is 0 Å². The van der Waals surface area contributed by atoms with Crippen LogP contribution in [-0.4, -0.2) is 66.0 Å². The second-order valence-electron chi connectivity index (χ2n) is 10.6. The van der Waals surface area contributed by atoms with E-state index in [1.807, 2.05) is 64.0 Å². The number of aromatic nitrogens is 2. The van der Waals surface area contributed by atoms with E-state index in [2.05, 4.69) is 5.32 Å². The Kier molecular flexibility index (Phi) is 8.49. The Morgan fingerprint density at radius 3 is 2.61 bits per heavy atom. The Labute approximate surface area is 232 Å². The number of rotatable bonds is 7. The van der Waals surface area contributed by atoms with Crippen LogP contribution in [0.25, 0.3) is 5.69 Å². The maximum Gasteiger partial charge on any atom is 0.240 e. The largest absolute Gasteiger partial charge is 0.353 e. The number of benzene rings is 2. The van der Waals surface area contributed by atoms with Gasteiger partial charge < -0.3 is 10.2 Å². The number of carbonyl (C=O) groups is 2. The number of carbonyl (C=O) groups excluding carboxylic acids is 2. The Hall–Kier alpha value is -2.88. The SMILES string of the molecule is CN(C)CCNC(=O)CN1C(=O)CSC(c2cccc(F)c2)c2c(C(C)(C)C)nn(-c3ccccc3Cl)c21. The molecule has 1 aliphatic heterocycles. The van der Waals surface area contributed by atoms with Gasteiger partial charge in [0.25, 0.3) is 0 Å². The molecule has 0 radical (unpaired) electrons. The predicted octanol–water partition coefficient (Wildman–Crippen LogP) is 4.81. The Morgan fingerprint density at radius 1 is 1.21 bits per heavy atom. The summed E-state index contributed by atoms with van der Waals surface area (Å²) in [5, 5.41) is 7.99. The van der Waals surface area contributed by atoms with Crippen LogP contribution in [0, 0.1) is 5.82 Å². The highest BCUT2D eigenvalue weighted by atomic mass is 35.5. The van der Waals surface area contributed by atoms with Gasteiger partial charge in [-0.1, -0.05) is 56.6 Å². The fourth-order valence-corrected chi connectivity index (χ4v) is 5.82. The zero-order valence-corrected chi connectivity index (χ0v) is 23.9. The molecule has 2 heterocycles. The molecule has 1 N–H and O–H groups in total. The molecule has 0 bridgehead atoms. The minimum atomic E-state index is -0.421. The second-order valence-corrected chi connectivity index (χ2v) is 12.1. The highest BCUT2D eigenvalue weighted by Gasteiger charge is 2.40. The summed E-state index contributed by atoms with van der Waals surface area (Å²) < 4.78 is 16.0. The Bertz CT molecular complexity index is 1340. The molecular weight excluding hydrogens is 525 g/mol. The first-order valence-electron chi connectivity index (χ1n) is 12.4. The zero-order valence-electron chi connectivity index (χ0n) is 22.3. The first kappa shape index (κ1) is 28.1. The number of hydrogen-bond donors (Lipinski definition) is 1. The quantitative estimate of drug-likeness (QED) is 0.451. The van der Waals surface area contributed by atoms with E-state index in [1.54, 1.807) is 16.8 Å². The standard InChI is InChI=1S/C28H33ClFN5O2S/c1-28(2,3)26-24-25(18-9-8-10-19(30)15-18)38-17-23(37)34(16-22(36)31-13-14-33(4)5)27(24)35(32-26)21-12-7-6-11-20(21)29/h6-12,15,25H,13-14,16-17H2,1-5H3,(H,31,36). The van der Waals surface area contributed by atoms with Gasteiger partial charge in [-0.3, -0.25) is 14.5 Å². The first-order chi connectivity index (χ1) is 18.0. The minimum absolute atomic E-state index is 0.118. The summed E-state index contributed by atoms with van der Waals surface area (Å²) in [7, 11) is 3.85. The number of fused-ring (bicyclic) bond motifs is 1. The van der Waals surface area contributed by atoms with Crippen molar-refractivity contribution in [1.29, 1.82) is 0 Å². The third kappa shape index (κ3) is 6.06. The molecule has 1 atom stereocenters. The van der Waals surface area contributed by atoms with Crippen LogP contribution in [0.4, 0.5) is 10.2 Å². The Morgan fingerprint density at radius 2 is 1.95 bits per heavy atom. The lowest BCUT2D eigenvalue weighted by Crippen LogP contribution is -2.43. The molecule has 0 spiro atoms. The van der Waals surface area contributed by atoms with Gasteiger partial charge in [0, 0.05) is 24.1 Å². The van der Waals surface area contributed by atoms with Gasteiger partial charge in [0.1, 0.15) is 18.2 Å². The van der Waals surface area contributed by atoms with Crippen molar-refractivity contribution in [3.05, 3.63) is 76.2 Å². The number of anilines is 1. The lowest BCUT2D eigenvalue weighted by atomic mass is 9.87. The highest BCUT2D eigenvalue weighted by molar-refractivity contribution is 8.00. The van der Waals surface area contributed by atoms with Gasteiger partial charge in [-0.2, -0.15) is 5.10 Å². The summed E-state index contributed by atoms with van der Waals surface area (Å²) >= 11 is 8.03. The molecule has 0 fully saturated rings. The lowest BCUT2D eigenvalue weighted by Gasteiger charge is -2.25. The molecule has 202 valence electrons. The van der Waals surface area contributed by atoms with E-state index in [9.17, 15) is 14.0 Å². The lowest BCUT2D eigenvalue weighted by molar-refractivity contribution is -0.122. The van der Waals surface area contributed by atoms with Crippen LogP contribution in [0.3, 0.4) is 0 Å². The van der Waals surface area contributed by atoms with E-state index < -0.39 is 5.41 Å². The molecule has 0 saturated heterocycles. The van der Waals surface area contributed by atoms with E-state index in [4.69, 9.17) is 16.7 Å². The second kappa shape index (κ2) is 11.5.